The maximum absolute atomic E-state index is 6.02. The topological polar surface area (TPSA) is 0 Å². The van der Waals surface area contributed by atoms with Gasteiger partial charge in [-0.25, -0.2) is 0 Å². The lowest BCUT2D eigenvalue weighted by molar-refractivity contribution is 0.115. The highest BCUT2D eigenvalue weighted by atomic mass is 35.5. The molecule has 0 spiro atoms. The van der Waals surface area contributed by atoms with Crippen molar-refractivity contribution < 1.29 is 0 Å². The van der Waals surface area contributed by atoms with Crippen molar-refractivity contribution in [2.45, 2.75) is 64.2 Å². The molecule has 0 aliphatic heterocycles. The third kappa shape index (κ3) is 4.71. The Kier molecular flexibility index (Phi) is 6.58. The van der Waals surface area contributed by atoms with Crippen LogP contribution in [-0.2, 0) is 0 Å². The summed E-state index contributed by atoms with van der Waals surface area (Å²) in [7, 11) is 0. The zero-order valence-electron chi connectivity index (χ0n) is 17.1. The number of rotatable bonds is 5. The third-order valence-electron chi connectivity index (χ3n) is 7.26. The van der Waals surface area contributed by atoms with Crippen LogP contribution in [0.1, 0.15) is 69.8 Å². The van der Waals surface area contributed by atoms with Gasteiger partial charge in [0, 0.05) is 5.02 Å². The van der Waals surface area contributed by atoms with E-state index in [2.05, 4.69) is 55.5 Å². The molecule has 4 unspecified atom stereocenters. The average Bonchev–Trinajstić information content (AvgIpc) is 2.74. The molecule has 2 aliphatic rings. The van der Waals surface area contributed by atoms with E-state index in [4.69, 9.17) is 11.6 Å². The normalized spacial score (nSPS) is 27.6. The Morgan fingerprint density at radius 2 is 1.46 bits per heavy atom. The first-order valence-electron chi connectivity index (χ1n) is 11.2. The van der Waals surface area contributed by atoms with E-state index < -0.39 is 0 Å². The maximum Gasteiger partial charge on any atom is 0.0406 e. The summed E-state index contributed by atoms with van der Waals surface area (Å²) in [5, 5.41) is 0.800. The summed E-state index contributed by atoms with van der Waals surface area (Å²) in [6.45, 7) is 2.14. The first kappa shape index (κ1) is 19.8. The predicted molar refractivity (Wildman–Crippen MR) is 122 cm³/mol. The molecule has 0 radical (unpaired) electrons. The Hall–Kier alpha value is -1.53. The molecular formula is C27H33Cl. The minimum absolute atomic E-state index is 0.764. The molecule has 0 heterocycles. The van der Waals surface area contributed by atoms with Crippen molar-refractivity contribution in [3.63, 3.8) is 0 Å². The largest absolute Gasteiger partial charge is 0.0917 e. The van der Waals surface area contributed by atoms with Gasteiger partial charge < -0.3 is 0 Å². The first-order valence-corrected chi connectivity index (χ1v) is 11.6. The monoisotopic (exact) mass is 392 g/mol. The van der Waals surface area contributed by atoms with E-state index in [0.29, 0.717) is 0 Å². The second-order valence-corrected chi connectivity index (χ2v) is 9.42. The molecule has 148 valence electrons. The summed E-state index contributed by atoms with van der Waals surface area (Å²) < 4.78 is 0. The molecule has 2 aliphatic carbocycles. The van der Waals surface area contributed by atoms with Crippen LogP contribution in [0.15, 0.2) is 60.7 Å². The van der Waals surface area contributed by atoms with Crippen molar-refractivity contribution in [2.75, 3.05) is 0 Å². The first-order chi connectivity index (χ1) is 13.7. The molecule has 2 fully saturated rings. The average molecular weight is 393 g/mol. The van der Waals surface area contributed by atoms with Crippen LogP contribution in [0, 0.1) is 17.8 Å². The molecule has 2 aromatic carbocycles. The molecule has 4 atom stereocenters. The number of benzene rings is 2. The minimum Gasteiger partial charge on any atom is -0.0917 e. The molecule has 1 heteroatoms. The van der Waals surface area contributed by atoms with E-state index in [-0.39, 0.29) is 0 Å². The fourth-order valence-electron chi connectivity index (χ4n) is 5.64. The van der Waals surface area contributed by atoms with E-state index in [1.807, 2.05) is 12.1 Å². The van der Waals surface area contributed by atoms with Gasteiger partial charge in [-0.1, -0.05) is 66.6 Å². The molecule has 0 aromatic heterocycles. The predicted octanol–water partition coefficient (Wildman–Crippen LogP) is 8.66. The van der Waals surface area contributed by atoms with Crippen LogP contribution >= 0.6 is 11.6 Å². The molecule has 0 bridgehead atoms. The minimum atomic E-state index is 0.764. The van der Waals surface area contributed by atoms with Crippen LogP contribution in [-0.4, -0.2) is 0 Å². The smallest absolute Gasteiger partial charge is 0.0406 e. The number of hydrogen-bond donors (Lipinski definition) is 0. The molecule has 2 saturated carbocycles. The van der Waals surface area contributed by atoms with Crippen molar-refractivity contribution >= 4 is 11.6 Å². The van der Waals surface area contributed by atoms with Gasteiger partial charge in [0.2, 0.25) is 0 Å². The van der Waals surface area contributed by atoms with Crippen LogP contribution in [0.25, 0.3) is 11.1 Å². The second kappa shape index (κ2) is 9.31. The lowest BCUT2D eigenvalue weighted by Gasteiger charge is -2.42. The van der Waals surface area contributed by atoms with E-state index in [9.17, 15) is 0 Å². The van der Waals surface area contributed by atoms with Crippen LogP contribution < -0.4 is 0 Å². The standard InChI is InChI=1S/C27H33Cl/c1-2-3-4-5-20-6-7-26-19-25(13-12-24(26)18-20)23-10-8-21(9-11-23)22-14-16-27(28)17-15-22/h2-3,8-11,14-17,20,24-26H,4-7,12-13,18-19H2,1H3/b3-2+. The van der Waals surface area contributed by atoms with Crippen molar-refractivity contribution in [3.05, 3.63) is 71.3 Å². The summed E-state index contributed by atoms with van der Waals surface area (Å²) >= 11 is 6.02. The van der Waals surface area contributed by atoms with Gasteiger partial charge in [0.15, 0.2) is 0 Å². The Labute approximate surface area is 176 Å². The van der Waals surface area contributed by atoms with Gasteiger partial charge in [-0.2, -0.15) is 0 Å². The molecule has 2 aromatic rings. The Bertz CT molecular complexity index is 771. The third-order valence-corrected chi connectivity index (χ3v) is 7.51. The SMILES string of the molecule is C/C=C/CCC1CCC2CC(c3ccc(-c4ccc(Cl)cc4)cc3)CCC2C1. The van der Waals surface area contributed by atoms with Gasteiger partial charge in [0.1, 0.15) is 0 Å². The van der Waals surface area contributed by atoms with Crippen LogP contribution in [0.3, 0.4) is 0 Å². The summed E-state index contributed by atoms with van der Waals surface area (Å²) in [5.74, 6) is 3.70. The van der Waals surface area contributed by atoms with Gasteiger partial charge >= 0.3 is 0 Å². The molecule has 4 rings (SSSR count). The van der Waals surface area contributed by atoms with Gasteiger partial charge in [-0.15, -0.1) is 0 Å². The Balaban J connectivity index is 1.35. The molecule has 0 saturated heterocycles. The summed E-state index contributed by atoms with van der Waals surface area (Å²) in [4.78, 5) is 0. The van der Waals surface area contributed by atoms with E-state index in [0.717, 1.165) is 28.7 Å². The lowest BCUT2D eigenvalue weighted by atomic mass is 9.63. The van der Waals surface area contributed by atoms with E-state index in [1.165, 1.54) is 62.5 Å². The Morgan fingerprint density at radius 1 is 0.821 bits per heavy atom. The zero-order chi connectivity index (χ0) is 19.3. The molecular weight excluding hydrogens is 360 g/mol. The molecule has 28 heavy (non-hydrogen) atoms. The van der Waals surface area contributed by atoms with Gasteiger partial charge in [0.25, 0.3) is 0 Å². The number of fused-ring (bicyclic) bond motifs is 1. The quantitative estimate of drug-likeness (QED) is 0.446. The summed E-state index contributed by atoms with van der Waals surface area (Å²) in [6, 6.07) is 17.5. The summed E-state index contributed by atoms with van der Waals surface area (Å²) in [6.07, 6.45) is 15.9. The molecule has 0 nitrogen and oxygen atoms in total. The fourth-order valence-corrected chi connectivity index (χ4v) is 5.77. The lowest BCUT2D eigenvalue weighted by Crippen LogP contribution is -2.30. The molecule has 0 N–H and O–H groups in total. The fraction of sp³-hybridized carbons (Fsp3) is 0.481. The van der Waals surface area contributed by atoms with Crippen molar-refractivity contribution in [1.82, 2.24) is 0 Å². The van der Waals surface area contributed by atoms with Crippen molar-refractivity contribution in [3.8, 4) is 11.1 Å². The van der Waals surface area contributed by atoms with Crippen LogP contribution in [0.5, 0.6) is 0 Å². The number of halogens is 1. The van der Waals surface area contributed by atoms with E-state index in [1.54, 1.807) is 5.56 Å². The van der Waals surface area contributed by atoms with Crippen molar-refractivity contribution in [1.29, 1.82) is 0 Å². The zero-order valence-corrected chi connectivity index (χ0v) is 17.9. The summed E-state index contributed by atoms with van der Waals surface area (Å²) in [5.41, 5.74) is 4.08. The van der Waals surface area contributed by atoms with Crippen LogP contribution in [0.2, 0.25) is 5.02 Å². The van der Waals surface area contributed by atoms with E-state index >= 15 is 0 Å². The number of hydrogen-bond acceptors (Lipinski definition) is 0. The van der Waals surface area contributed by atoms with Crippen molar-refractivity contribution in [2.24, 2.45) is 17.8 Å². The molecule has 0 amide bonds. The van der Waals surface area contributed by atoms with Gasteiger partial charge in [-0.3, -0.25) is 0 Å². The Morgan fingerprint density at radius 3 is 2.18 bits per heavy atom. The van der Waals surface area contributed by atoms with Gasteiger partial charge in [0.05, 0.1) is 0 Å². The highest BCUT2D eigenvalue weighted by Gasteiger charge is 2.35. The van der Waals surface area contributed by atoms with Crippen LogP contribution in [0.4, 0.5) is 0 Å². The maximum atomic E-state index is 6.02. The van der Waals surface area contributed by atoms with Gasteiger partial charge in [-0.05, 0) is 104 Å². The second-order valence-electron chi connectivity index (χ2n) is 8.98. The highest BCUT2D eigenvalue weighted by molar-refractivity contribution is 6.30. The number of allylic oxidation sites excluding steroid dienone is 2. The highest BCUT2D eigenvalue weighted by Crippen LogP contribution is 2.48.